The Labute approximate surface area is 150 Å². The van der Waals surface area contributed by atoms with Crippen LogP contribution in [0.3, 0.4) is 0 Å². The summed E-state index contributed by atoms with van der Waals surface area (Å²) in [5.41, 5.74) is -0.690. The van der Waals surface area contributed by atoms with Crippen molar-refractivity contribution >= 4 is 18.0 Å². The molecule has 25 heavy (non-hydrogen) atoms. The van der Waals surface area contributed by atoms with Crippen LogP contribution in [0.1, 0.15) is 61.3 Å². The molecular formula is C19H31NO5. The molecule has 0 aromatic carbocycles. The number of cyclic esters (lactones) is 1. The SMILES string of the molecule is CC(C)C1C[C@@H]([C@@H]2C[C@@H](C(C)C)C(=O)N2C(=O)OC(C)(C)C)OC1=O. The highest BCUT2D eigenvalue weighted by Crippen LogP contribution is 2.39. The highest BCUT2D eigenvalue weighted by molar-refractivity contribution is 5.96. The lowest BCUT2D eigenvalue weighted by Crippen LogP contribution is -2.47. The standard InChI is InChI=1S/C19H31NO5/c1-10(2)12-8-14(15-9-13(11(3)4)17(22)24-15)20(16(12)21)18(23)25-19(5,6)7/h10-15H,8-9H2,1-7H3/t12-,13?,14-,15-/m0/s1. The number of hydrogen-bond donors (Lipinski definition) is 0. The van der Waals surface area contributed by atoms with E-state index in [4.69, 9.17) is 9.47 Å². The van der Waals surface area contributed by atoms with E-state index in [1.54, 1.807) is 20.8 Å². The lowest BCUT2D eigenvalue weighted by Gasteiger charge is -2.29. The van der Waals surface area contributed by atoms with Crippen molar-refractivity contribution in [2.24, 2.45) is 23.7 Å². The lowest BCUT2D eigenvalue weighted by molar-refractivity contribution is -0.148. The van der Waals surface area contributed by atoms with Crippen LogP contribution >= 0.6 is 0 Å². The molecule has 2 aliphatic rings. The van der Waals surface area contributed by atoms with Gasteiger partial charge >= 0.3 is 12.1 Å². The smallest absolute Gasteiger partial charge is 0.417 e. The Bertz CT molecular complexity index is 549. The number of nitrogens with zero attached hydrogens (tertiary/aromatic N) is 1. The minimum absolute atomic E-state index is 0.112. The van der Waals surface area contributed by atoms with Gasteiger partial charge in [0.15, 0.2) is 0 Å². The molecule has 4 atom stereocenters. The van der Waals surface area contributed by atoms with Crippen LogP contribution in [0.4, 0.5) is 4.79 Å². The average Bonchev–Trinajstić information content (AvgIpc) is 2.97. The van der Waals surface area contributed by atoms with Gasteiger partial charge in [-0.2, -0.15) is 0 Å². The third kappa shape index (κ3) is 4.15. The Morgan fingerprint density at radius 2 is 1.64 bits per heavy atom. The summed E-state index contributed by atoms with van der Waals surface area (Å²) in [4.78, 5) is 38.8. The first-order chi connectivity index (χ1) is 11.4. The van der Waals surface area contributed by atoms with E-state index < -0.39 is 23.8 Å². The minimum Gasteiger partial charge on any atom is -0.460 e. The van der Waals surface area contributed by atoms with Crippen molar-refractivity contribution in [2.75, 3.05) is 0 Å². The van der Waals surface area contributed by atoms with Gasteiger partial charge in [0.2, 0.25) is 5.91 Å². The van der Waals surface area contributed by atoms with Crippen molar-refractivity contribution in [3.05, 3.63) is 0 Å². The predicted octanol–water partition coefficient (Wildman–Crippen LogP) is 3.38. The van der Waals surface area contributed by atoms with Crippen molar-refractivity contribution in [3.8, 4) is 0 Å². The molecule has 0 aromatic rings. The Kier molecular flexibility index (Phi) is 5.50. The van der Waals surface area contributed by atoms with Crippen molar-refractivity contribution in [1.82, 2.24) is 4.90 Å². The lowest BCUT2D eigenvalue weighted by atomic mass is 9.88. The summed E-state index contributed by atoms with van der Waals surface area (Å²) in [5, 5.41) is 0. The van der Waals surface area contributed by atoms with Crippen LogP contribution in [0.25, 0.3) is 0 Å². The molecule has 0 radical (unpaired) electrons. The van der Waals surface area contributed by atoms with Crippen LogP contribution in [-0.4, -0.2) is 40.6 Å². The number of imide groups is 1. The van der Waals surface area contributed by atoms with Crippen molar-refractivity contribution in [3.63, 3.8) is 0 Å². The molecule has 2 heterocycles. The fourth-order valence-electron chi connectivity index (χ4n) is 3.63. The second-order valence-electron chi connectivity index (χ2n) is 8.90. The van der Waals surface area contributed by atoms with Crippen molar-refractivity contribution < 1.29 is 23.9 Å². The summed E-state index contributed by atoms with van der Waals surface area (Å²) in [6.07, 6.45) is -0.0355. The van der Waals surface area contributed by atoms with E-state index in [0.29, 0.717) is 12.8 Å². The highest BCUT2D eigenvalue weighted by atomic mass is 16.6. The van der Waals surface area contributed by atoms with E-state index in [1.165, 1.54) is 4.90 Å². The van der Waals surface area contributed by atoms with Gasteiger partial charge < -0.3 is 9.47 Å². The van der Waals surface area contributed by atoms with Crippen LogP contribution in [0, 0.1) is 23.7 Å². The first kappa shape index (κ1) is 19.7. The maximum Gasteiger partial charge on any atom is 0.417 e. The number of esters is 1. The molecule has 2 saturated heterocycles. The summed E-state index contributed by atoms with van der Waals surface area (Å²) in [5.74, 6) is -0.609. The van der Waals surface area contributed by atoms with Crippen LogP contribution in [0.5, 0.6) is 0 Å². The van der Waals surface area contributed by atoms with E-state index in [-0.39, 0.29) is 35.5 Å². The summed E-state index contributed by atoms with van der Waals surface area (Å²) >= 11 is 0. The third-order valence-electron chi connectivity index (χ3n) is 5.07. The molecule has 142 valence electrons. The normalized spacial score (nSPS) is 30.4. The number of carbonyl (C=O) groups is 3. The van der Waals surface area contributed by atoms with Gasteiger partial charge in [-0.25, -0.2) is 9.69 Å². The van der Waals surface area contributed by atoms with Gasteiger partial charge in [0.05, 0.1) is 12.0 Å². The molecule has 0 aliphatic carbocycles. The molecule has 0 spiro atoms. The second-order valence-corrected chi connectivity index (χ2v) is 8.90. The number of rotatable bonds is 3. The maximum absolute atomic E-state index is 12.8. The van der Waals surface area contributed by atoms with Crippen molar-refractivity contribution in [2.45, 2.75) is 79.1 Å². The highest BCUT2D eigenvalue weighted by Gasteiger charge is 2.52. The molecule has 2 amide bonds. The Hall–Kier alpha value is -1.59. The van der Waals surface area contributed by atoms with Gasteiger partial charge in [0.25, 0.3) is 0 Å². The van der Waals surface area contributed by atoms with Crippen molar-refractivity contribution in [1.29, 1.82) is 0 Å². The largest absolute Gasteiger partial charge is 0.460 e. The van der Waals surface area contributed by atoms with Gasteiger partial charge in [-0.3, -0.25) is 9.59 Å². The molecule has 6 heteroatoms. The predicted molar refractivity (Wildman–Crippen MR) is 92.6 cm³/mol. The fraction of sp³-hybridized carbons (Fsp3) is 0.842. The zero-order valence-electron chi connectivity index (χ0n) is 16.4. The minimum atomic E-state index is -0.690. The topological polar surface area (TPSA) is 72.9 Å². The fourth-order valence-corrected chi connectivity index (χ4v) is 3.63. The Morgan fingerprint density at radius 3 is 2.08 bits per heavy atom. The summed E-state index contributed by atoms with van der Waals surface area (Å²) in [6.45, 7) is 13.2. The van der Waals surface area contributed by atoms with Gasteiger partial charge in [0.1, 0.15) is 11.7 Å². The number of hydrogen-bond acceptors (Lipinski definition) is 5. The molecule has 0 bridgehead atoms. The first-order valence-electron chi connectivity index (χ1n) is 9.19. The number of ether oxygens (including phenoxy) is 2. The number of carbonyl (C=O) groups excluding carboxylic acids is 3. The van der Waals surface area contributed by atoms with E-state index in [2.05, 4.69) is 0 Å². The second kappa shape index (κ2) is 6.96. The van der Waals surface area contributed by atoms with Gasteiger partial charge in [-0.05, 0) is 45.4 Å². The van der Waals surface area contributed by atoms with Gasteiger partial charge in [-0.1, -0.05) is 27.7 Å². The summed E-state index contributed by atoms with van der Waals surface area (Å²) in [7, 11) is 0. The zero-order chi connectivity index (χ0) is 19.1. The Balaban J connectivity index is 2.25. The van der Waals surface area contributed by atoms with E-state index in [1.807, 2.05) is 27.7 Å². The first-order valence-corrected chi connectivity index (χ1v) is 9.19. The monoisotopic (exact) mass is 353 g/mol. The molecule has 6 nitrogen and oxygen atoms in total. The quantitative estimate of drug-likeness (QED) is 0.727. The molecule has 0 saturated carbocycles. The number of likely N-dealkylation sites (tertiary alicyclic amines) is 1. The molecule has 0 aromatic heterocycles. The average molecular weight is 353 g/mol. The van der Waals surface area contributed by atoms with Crippen LogP contribution < -0.4 is 0 Å². The number of amides is 2. The van der Waals surface area contributed by atoms with Crippen LogP contribution in [0.15, 0.2) is 0 Å². The van der Waals surface area contributed by atoms with Crippen LogP contribution in [0.2, 0.25) is 0 Å². The van der Waals surface area contributed by atoms with Gasteiger partial charge in [0, 0.05) is 5.92 Å². The summed E-state index contributed by atoms with van der Waals surface area (Å²) < 4.78 is 11.0. The van der Waals surface area contributed by atoms with E-state index in [0.717, 1.165) is 0 Å². The Morgan fingerprint density at radius 1 is 1.08 bits per heavy atom. The van der Waals surface area contributed by atoms with E-state index >= 15 is 0 Å². The molecular weight excluding hydrogens is 322 g/mol. The molecule has 0 N–H and O–H groups in total. The molecule has 2 fully saturated rings. The molecule has 1 unspecified atom stereocenters. The molecule has 2 rings (SSSR count). The maximum atomic E-state index is 12.8. The molecule has 2 aliphatic heterocycles. The summed E-state index contributed by atoms with van der Waals surface area (Å²) in [6, 6.07) is -0.442. The van der Waals surface area contributed by atoms with Crippen LogP contribution in [-0.2, 0) is 19.1 Å². The van der Waals surface area contributed by atoms with Gasteiger partial charge in [-0.15, -0.1) is 0 Å². The zero-order valence-corrected chi connectivity index (χ0v) is 16.4. The van der Waals surface area contributed by atoms with E-state index in [9.17, 15) is 14.4 Å². The third-order valence-corrected chi connectivity index (χ3v) is 5.07.